The molecule has 0 radical (unpaired) electrons. The third-order valence-electron chi connectivity index (χ3n) is 6.45. The minimum atomic E-state index is 0.385. The van der Waals surface area contributed by atoms with Gasteiger partial charge in [0.2, 0.25) is 0 Å². The minimum absolute atomic E-state index is 0.385. The summed E-state index contributed by atoms with van der Waals surface area (Å²) in [6.45, 7) is 7.42. The lowest BCUT2D eigenvalue weighted by Gasteiger charge is -2.18. The summed E-state index contributed by atoms with van der Waals surface area (Å²) in [5.74, 6) is 0.385. The number of aromatic nitrogens is 2. The van der Waals surface area contributed by atoms with Gasteiger partial charge in [0.25, 0.3) is 5.82 Å². The fourth-order valence-corrected chi connectivity index (χ4v) is 4.87. The number of nitriles is 1. The van der Waals surface area contributed by atoms with Crippen LogP contribution in [-0.4, -0.2) is 9.97 Å². The maximum absolute atomic E-state index is 9.23. The summed E-state index contributed by atoms with van der Waals surface area (Å²) in [6.07, 6.45) is 5.05. The molecule has 0 unspecified atom stereocenters. The van der Waals surface area contributed by atoms with E-state index in [0.717, 1.165) is 49.4 Å². The highest BCUT2D eigenvalue weighted by Crippen LogP contribution is 2.44. The molecule has 2 aromatic heterocycles. The Hall–Kier alpha value is -5.32. The van der Waals surface area contributed by atoms with Gasteiger partial charge in [0.1, 0.15) is 12.3 Å². The van der Waals surface area contributed by atoms with Gasteiger partial charge in [-0.15, -0.1) is 4.98 Å². The van der Waals surface area contributed by atoms with Crippen LogP contribution in [0.2, 0.25) is 0 Å². The SMILES string of the molecule is [C-]#[N+]c1cc(-c2c3ccccc3c(-c3ccc(-c4cncc(C#N)c4)cc3)c3ccccc23)ccn1. The van der Waals surface area contributed by atoms with Gasteiger partial charge in [0.05, 0.1) is 5.56 Å². The number of pyridine rings is 2. The van der Waals surface area contributed by atoms with Gasteiger partial charge in [-0.05, 0) is 67.6 Å². The molecule has 0 aliphatic rings. The van der Waals surface area contributed by atoms with Gasteiger partial charge >= 0.3 is 0 Å². The summed E-state index contributed by atoms with van der Waals surface area (Å²) in [7, 11) is 0. The first-order chi connectivity index (χ1) is 17.8. The van der Waals surface area contributed by atoms with Crippen molar-refractivity contribution in [3.05, 3.63) is 127 Å². The van der Waals surface area contributed by atoms with Crippen molar-refractivity contribution in [1.82, 2.24) is 9.97 Å². The third kappa shape index (κ3) is 3.55. The molecule has 0 saturated heterocycles. The van der Waals surface area contributed by atoms with Crippen LogP contribution >= 0.6 is 0 Å². The smallest absolute Gasteiger partial charge is 0.270 e. The summed E-state index contributed by atoms with van der Waals surface area (Å²) in [5, 5.41) is 13.8. The molecule has 166 valence electrons. The lowest BCUT2D eigenvalue weighted by molar-refractivity contribution is 1.30. The number of benzene rings is 4. The van der Waals surface area contributed by atoms with Crippen LogP contribution in [0.3, 0.4) is 0 Å². The van der Waals surface area contributed by atoms with Gasteiger partial charge < -0.3 is 4.85 Å². The molecule has 0 N–H and O–H groups in total. The highest BCUT2D eigenvalue weighted by molar-refractivity contribution is 6.21. The molecule has 4 aromatic carbocycles. The zero-order valence-electron chi connectivity index (χ0n) is 19.2. The van der Waals surface area contributed by atoms with Crippen molar-refractivity contribution in [1.29, 1.82) is 5.26 Å². The molecule has 4 heteroatoms. The van der Waals surface area contributed by atoms with E-state index in [1.807, 2.05) is 18.2 Å². The van der Waals surface area contributed by atoms with Gasteiger partial charge in [0, 0.05) is 18.0 Å². The van der Waals surface area contributed by atoms with Crippen LogP contribution in [0.4, 0.5) is 5.82 Å². The maximum atomic E-state index is 9.23. The summed E-state index contributed by atoms with van der Waals surface area (Å²) < 4.78 is 0. The maximum Gasteiger partial charge on any atom is 0.270 e. The normalized spacial score (nSPS) is 10.7. The Labute approximate surface area is 208 Å². The van der Waals surface area contributed by atoms with Crippen molar-refractivity contribution in [3.8, 4) is 39.4 Å². The number of nitrogens with zero attached hydrogens (tertiary/aromatic N) is 4. The predicted molar refractivity (Wildman–Crippen MR) is 144 cm³/mol. The molecule has 0 aliphatic carbocycles. The molecule has 4 nitrogen and oxygen atoms in total. The zero-order chi connectivity index (χ0) is 24.5. The Balaban J connectivity index is 1.61. The van der Waals surface area contributed by atoms with Crippen LogP contribution in [0, 0.1) is 17.9 Å². The van der Waals surface area contributed by atoms with Crippen LogP contribution in [-0.2, 0) is 0 Å². The summed E-state index contributed by atoms with van der Waals surface area (Å²) in [6, 6.07) is 33.1. The Morgan fingerprint density at radius 2 is 1.22 bits per heavy atom. The van der Waals surface area contributed by atoms with E-state index in [2.05, 4.69) is 93.7 Å². The van der Waals surface area contributed by atoms with Crippen molar-refractivity contribution in [3.63, 3.8) is 0 Å². The Morgan fingerprint density at radius 3 is 1.81 bits per heavy atom. The first-order valence-electron chi connectivity index (χ1n) is 11.5. The molecule has 6 rings (SSSR count). The van der Waals surface area contributed by atoms with E-state index in [-0.39, 0.29) is 0 Å². The summed E-state index contributed by atoms with van der Waals surface area (Å²) >= 11 is 0. The predicted octanol–water partition coefficient (Wildman–Crippen LogP) is 8.21. The van der Waals surface area contributed by atoms with Crippen molar-refractivity contribution in [2.24, 2.45) is 0 Å². The molecule has 0 saturated carbocycles. The van der Waals surface area contributed by atoms with E-state index in [0.29, 0.717) is 11.4 Å². The molecule has 0 atom stereocenters. The molecule has 2 heterocycles. The fourth-order valence-electron chi connectivity index (χ4n) is 4.87. The highest BCUT2D eigenvalue weighted by atomic mass is 14.8. The van der Waals surface area contributed by atoms with Crippen molar-refractivity contribution < 1.29 is 0 Å². The van der Waals surface area contributed by atoms with Crippen LogP contribution in [0.5, 0.6) is 0 Å². The average Bonchev–Trinajstić information content (AvgIpc) is 2.96. The van der Waals surface area contributed by atoms with Gasteiger partial charge in [-0.2, -0.15) is 5.26 Å². The number of hydrogen-bond donors (Lipinski definition) is 0. The molecular weight excluding hydrogens is 440 g/mol. The van der Waals surface area contributed by atoms with Crippen LogP contribution in [0.1, 0.15) is 5.56 Å². The molecule has 0 spiro atoms. The van der Waals surface area contributed by atoms with Crippen molar-refractivity contribution in [2.45, 2.75) is 0 Å². The molecule has 36 heavy (non-hydrogen) atoms. The van der Waals surface area contributed by atoms with Gasteiger partial charge in [-0.25, -0.2) is 0 Å². The third-order valence-corrected chi connectivity index (χ3v) is 6.45. The fraction of sp³-hybridized carbons (Fsp3) is 0. The van der Waals surface area contributed by atoms with E-state index in [4.69, 9.17) is 6.57 Å². The average molecular weight is 459 g/mol. The Bertz CT molecular complexity index is 1800. The monoisotopic (exact) mass is 458 g/mol. The number of hydrogen-bond acceptors (Lipinski definition) is 3. The van der Waals surface area contributed by atoms with Gasteiger partial charge in [-0.3, -0.25) is 4.98 Å². The van der Waals surface area contributed by atoms with E-state index in [9.17, 15) is 5.26 Å². The standard InChI is InChI=1S/C32H18N4/c1-34-30-17-24(14-15-36-30)32-28-8-4-2-6-26(28)31(27-7-3-5-9-29(27)32)23-12-10-22(11-13-23)25-16-21(18-33)19-35-20-25/h2-17,19-20H. The van der Waals surface area contributed by atoms with E-state index in [1.54, 1.807) is 18.6 Å². The summed E-state index contributed by atoms with van der Waals surface area (Å²) in [4.78, 5) is 11.9. The second-order valence-electron chi connectivity index (χ2n) is 8.51. The van der Waals surface area contributed by atoms with Crippen molar-refractivity contribution in [2.75, 3.05) is 0 Å². The molecule has 0 fully saturated rings. The minimum Gasteiger partial charge on any atom is -0.361 e. The van der Waals surface area contributed by atoms with Gasteiger partial charge in [-0.1, -0.05) is 79.4 Å². The first kappa shape index (κ1) is 21.2. The number of rotatable bonds is 3. The largest absolute Gasteiger partial charge is 0.361 e. The molecule has 0 aliphatic heterocycles. The Kier molecular flexibility index (Phi) is 5.19. The first-order valence-corrected chi connectivity index (χ1v) is 11.5. The molecule has 0 amide bonds. The lowest BCUT2D eigenvalue weighted by atomic mass is 9.86. The second kappa shape index (κ2) is 8.80. The van der Waals surface area contributed by atoms with E-state index in [1.165, 1.54) is 5.56 Å². The van der Waals surface area contributed by atoms with E-state index >= 15 is 0 Å². The number of fused-ring (bicyclic) bond motifs is 2. The topological polar surface area (TPSA) is 53.9 Å². The van der Waals surface area contributed by atoms with Crippen LogP contribution in [0.15, 0.2) is 110 Å². The Morgan fingerprint density at radius 1 is 0.639 bits per heavy atom. The second-order valence-corrected chi connectivity index (χ2v) is 8.51. The van der Waals surface area contributed by atoms with Crippen LogP contribution < -0.4 is 0 Å². The van der Waals surface area contributed by atoms with Crippen LogP contribution in [0.25, 0.3) is 59.8 Å². The molecular formula is C32H18N4. The lowest BCUT2D eigenvalue weighted by Crippen LogP contribution is -1.91. The quantitative estimate of drug-likeness (QED) is 0.198. The zero-order valence-corrected chi connectivity index (χ0v) is 19.2. The van der Waals surface area contributed by atoms with Crippen molar-refractivity contribution >= 4 is 27.4 Å². The highest BCUT2D eigenvalue weighted by Gasteiger charge is 2.17. The van der Waals surface area contributed by atoms with E-state index < -0.39 is 0 Å². The summed E-state index contributed by atoms with van der Waals surface area (Å²) in [5.41, 5.74) is 6.83. The van der Waals surface area contributed by atoms with Gasteiger partial charge in [0.15, 0.2) is 0 Å². The molecule has 6 aromatic rings. The molecule has 0 bridgehead atoms.